The molecule has 0 radical (unpaired) electrons. The number of nitrogens with zero attached hydrogens (tertiary/aromatic N) is 3. The molecule has 136 valence electrons. The SMILES string of the molecule is O=C1CNC(=O)N1CCCC(=O)N1CCC[C@H]1c1nc2ccccc2s1. The Hall–Kier alpha value is -2.48. The molecule has 1 N–H and O–H groups in total. The molecule has 0 saturated carbocycles. The molecule has 8 heteroatoms. The number of likely N-dealkylation sites (tertiary alicyclic amines) is 1. The average Bonchev–Trinajstić information content (AvgIpc) is 3.34. The summed E-state index contributed by atoms with van der Waals surface area (Å²) in [5.74, 6) is -0.158. The van der Waals surface area contributed by atoms with E-state index in [1.807, 2.05) is 23.1 Å². The molecule has 2 saturated heterocycles. The number of thiazole rings is 1. The van der Waals surface area contributed by atoms with Crippen molar-refractivity contribution in [3.63, 3.8) is 0 Å². The number of carbonyl (C=O) groups is 3. The standard InChI is InChI=1S/C18H20N4O3S/c23-15(8-4-10-22-16(24)11-19-18(22)25)21-9-3-6-13(21)17-20-12-5-1-2-7-14(12)26-17/h1-2,5,7,13H,3-4,6,8-11H2,(H,19,25)/t13-/m0/s1. The molecule has 2 fully saturated rings. The largest absolute Gasteiger partial charge is 0.333 e. The van der Waals surface area contributed by atoms with E-state index in [4.69, 9.17) is 4.98 Å². The van der Waals surface area contributed by atoms with Gasteiger partial charge in [-0.3, -0.25) is 14.5 Å². The van der Waals surface area contributed by atoms with Crippen molar-refractivity contribution in [1.82, 2.24) is 20.1 Å². The summed E-state index contributed by atoms with van der Waals surface area (Å²) in [6.45, 7) is 1.08. The number of amides is 4. The molecule has 0 aliphatic carbocycles. The Morgan fingerprint density at radius 3 is 2.92 bits per heavy atom. The highest BCUT2D eigenvalue weighted by Crippen LogP contribution is 2.36. The lowest BCUT2D eigenvalue weighted by atomic mass is 10.2. The zero-order valence-electron chi connectivity index (χ0n) is 14.3. The second kappa shape index (κ2) is 7.03. The molecule has 2 aliphatic heterocycles. The van der Waals surface area contributed by atoms with Crippen LogP contribution in [0, 0.1) is 0 Å². The molecular formula is C18H20N4O3S. The third-order valence-corrected chi connectivity index (χ3v) is 6.02. The molecule has 3 heterocycles. The molecule has 4 amide bonds. The first-order valence-electron chi connectivity index (χ1n) is 8.86. The van der Waals surface area contributed by atoms with E-state index in [2.05, 4.69) is 11.4 Å². The summed E-state index contributed by atoms with van der Waals surface area (Å²) in [5, 5.41) is 3.48. The van der Waals surface area contributed by atoms with Gasteiger partial charge in [-0.1, -0.05) is 12.1 Å². The molecule has 4 rings (SSSR count). The minimum Gasteiger partial charge on any atom is -0.333 e. The van der Waals surface area contributed by atoms with E-state index >= 15 is 0 Å². The van der Waals surface area contributed by atoms with Crippen LogP contribution in [0.4, 0.5) is 4.79 Å². The van der Waals surface area contributed by atoms with Crippen LogP contribution in [0.1, 0.15) is 36.7 Å². The fourth-order valence-corrected chi connectivity index (χ4v) is 4.68. The zero-order valence-corrected chi connectivity index (χ0v) is 15.1. The minimum absolute atomic E-state index is 0.0385. The number of urea groups is 1. The summed E-state index contributed by atoms with van der Waals surface area (Å²) in [5.41, 5.74) is 0.977. The van der Waals surface area contributed by atoms with Crippen LogP contribution in [0.2, 0.25) is 0 Å². The average molecular weight is 372 g/mol. The lowest BCUT2D eigenvalue weighted by Crippen LogP contribution is -2.34. The number of hydrogen-bond acceptors (Lipinski definition) is 5. The molecule has 7 nitrogen and oxygen atoms in total. The van der Waals surface area contributed by atoms with Gasteiger partial charge in [0.25, 0.3) is 0 Å². The summed E-state index contributed by atoms with van der Waals surface area (Å²) in [6.07, 6.45) is 2.72. The van der Waals surface area contributed by atoms with Gasteiger partial charge in [-0.25, -0.2) is 9.78 Å². The molecule has 1 aromatic carbocycles. The quantitative estimate of drug-likeness (QED) is 0.817. The van der Waals surface area contributed by atoms with Crippen molar-refractivity contribution in [2.24, 2.45) is 0 Å². The fourth-order valence-electron chi connectivity index (χ4n) is 3.57. The fraction of sp³-hybridized carbons (Fsp3) is 0.444. The van der Waals surface area contributed by atoms with Gasteiger partial charge in [-0.2, -0.15) is 0 Å². The predicted molar refractivity (Wildman–Crippen MR) is 97.7 cm³/mol. The highest BCUT2D eigenvalue weighted by molar-refractivity contribution is 7.18. The van der Waals surface area contributed by atoms with Crippen molar-refractivity contribution < 1.29 is 14.4 Å². The molecule has 1 atom stereocenters. The van der Waals surface area contributed by atoms with Crippen LogP contribution in [-0.2, 0) is 9.59 Å². The van der Waals surface area contributed by atoms with Gasteiger partial charge in [0.1, 0.15) is 5.01 Å². The maximum absolute atomic E-state index is 12.7. The number of imide groups is 1. The summed E-state index contributed by atoms with van der Waals surface area (Å²) in [6, 6.07) is 7.69. The van der Waals surface area contributed by atoms with Crippen LogP contribution in [-0.4, -0.2) is 52.3 Å². The van der Waals surface area contributed by atoms with Gasteiger partial charge in [0.05, 0.1) is 22.8 Å². The van der Waals surface area contributed by atoms with Crippen molar-refractivity contribution in [1.29, 1.82) is 0 Å². The number of fused-ring (bicyclic) bond motifs is 1. The normalized spacial score (nSPS) is 20.2. The van der Waals surface area contributed by atoms with Crippen LogP contribution in [0.15, 0.2) is 24.3 Å². The summed E-state index contributed by atoms with van der Waals surface area (Å²) < 4.78 is 1.14. The summed E-state index contributed by atoms with van der Waals surface area (Å²) in [4.78, 5) is 43.6. The smallest absolute Gasteiger partial charge is 0.324 e. The molecule has 0 bridgehead atoms. The second-order valence-electron chi connectivity index (χ2n) is 6.57. The van der Waals surface area contributed by atoms with Crippen molar-refractivity contribution in [3.8, 4) is 0 Å². The predicted octanol–water partition coefficient (Wildman–Crippen LogP) is 2.29. The van der Waals surface area contributed by atoms with E-state index in [0.29, 0.717) is 12.8 Å². The van der Waals surface area contributed by atoms with Crippen molar-refractivity contribution in [2.75, 3.05) is 19.6 Å². The van der Waals surface area contributed by atoms with E-state index < -0.39 is 0 Å². The minimum atomic E-state index is -0.365. The highest BCUT2D eigenvalue weighted by atomic mass is 32.1. The monoisotopic (exact) mass is 372 g/mol. The Balaban J connectivity index is 1.39. The van der Waals surface area contributed by atoms with E-state index in [-0.39, 0.29) is 37.0 Å². The van der Waals surface area contributed by atoms with Gasteiger partial charge in [0.2, 0.25) is 11.8 Å². The highest BCUT2D eigenvalue weighted by Gasteiger charge is 2.32. The van der Waals surface area contributed by atoms with E-state index in [0.717, 1.165) is 34.6 Å². The second-order valence-corrected chi connectivity index (χ2v) is 7.63. The van der Waals surface area contributed by atoms with Gasteiger partial charge in [-0.05, 0) is 31.4 Å². The molecule has 1 aromatic heterocycles. The van der Waals surface area contributed by atoms with E-state index in [1.165, 1.54) is 4.90 Å². The summed E-state index contributed by atoms with van der Waals surface area (Å²) >= 11 is 1.65. The van der Waals surface area contributed by atoms with Gasteiger partial charge in [0, 0.05) is 19.5 Å². The number of para-hydroxylation sites is 1. The first-order chi connectivity index (χ1) is 12.6. The van der Waals surface area contributed by atoms with Crippen LogP contribution >= 0.6 is 11.3 Å². The topological polar surface area (TPSA) is 82.6 Å². The molecular weight excluding hydrogens is 352 g/mol. The Kier molecular flexibility index (Phi) is 4.58. The maximum Gasteiger partial charge on any atom is 0.324 e. The maximum atomic E-state index is 12.7. The van der Waals surface area contributed by atoms with E-state index in [1.54, 1.807) is 11.3 Å². The number of aromatic nitrogens is 1. The third-order valence-electron chi connectivity index (χ3n) is 4.88. The number of carbonyl (C=O) groups excluding carboxylic acids is 3. The molecule has 2 aliphatic rings. The molecule has 0 spiro atoms. The van der Waals surface area contributed by atoms with Gasteiger partial charge >= 0.3 is 6.03 Å². The van der Waals surface area contributed by atoms with Gasteiger partial charge < -0.3 is 10.2 Å². The Labute approximate surface area is 155 Å². The molecule has 2 aromatic rings. The first-order valence-corrected chi connectivity index (χ1v) is 9.68. The summed E-state index contributed by atoms with van der Waals surface area (Å²) in [7, 11) is 0. The molecule has 0 unspecified atom stereocenters. The van der Waals surface area contributed by atoms with Crippen LogP contribution in [0.5, 0.6) is 0 Å². The third kappa shape index (κ3) is 3.16. The van der Waals surface area contributed by atoms with Crippen LogP contribution in [0.3, 0.4) is 0 Å². The lowest BCUT2D eigenvalue weighted by Gasteiger charge is -2.23. The lowest BCUT2D eigenvalue weighted by molar-refractivity contribution is -0.133. The van der Waals surface area contributed by atoms with E-state index in [9.17, 15) is 14.4 Å². The van der Waals surface area contributed by atoms with Gasteiger partial charge in [0.15, 0.2) is 0 Å². The van der Waals surface area contributed by atoms with Gasteiger partial charge in [-0.15, -0.1) is 11.3 Å². The van der Waals surface area contributed by atoms with Crippen molar-refractivity contribution >= 4 is 39.4 Å². The number of rotatable bonds is 5. The first kappa shape index (κ1) is 17.0. The number of benzene rings is 1. The van der Waals surface area contributed by atoms with Crippen LogP contribution in [0.25, 0.3) is 10.2 Å². The zero-order chi connectivity index (χ0) is 18.1. The Morgan fingerprint density at radius 1 is 1.31 bits per heavy atom. The number of hydrogen-bond donors (Lipinski definition) is 1. The Bertz CT molecular complexity index is 816. The number of nitrogens with one attached hydrogen (secondary N) is 1. The van der Waals surface area contributed by atoms with Crippen LogP contribution < -0.4 is 5.32 Å². The van der Waals surface area contributed by atoms with Crippen molar-refractivity contribution in [3.05, 3.63) is 29.3 Å². The van der Waals surface area contributed by atoms with Crippen molar-refractivity contribution in [2.45, 2.75) is 31.7 Å². The Morgan fingerprint density at radius 2 is 2.15 bits per heavy atom. The molecule has 26 heavy (non-hydrogen) atoms.